The van der Waals surface area contributed by atoms with Crippen LogP contribution in [-0.4, -0.2) is 43.0 Å². The Morgan fingerprint density at radius 2 is 1.73 bits per heavy atom. The second kappa shape index (κ2) is 9.72. The molecule has 2 aromatic carbocycles. The monoisotopic (exact) mass is 461 g/mol. The molecule has 10 heteroatoms. The van der Waals surface area contributed by atoms with Gasteiger partial charge in [-0.15, -0.1) is 12.4 Å². The molecular formula is C20H20ClF4N3OS. The van der Waals surface area contributed by atoms with E-state index in [1.165, 1.54) is 22.3 Å². The second-order valence-corrected chi connectivity index (χ2v) is 7.78. The highest BCUT2D eigenvalue weighted by Gasteiger charge is 2.30. The molecule has 0 saturated heterocycles. The van der Waals surface area contributed by atoms with Crippen molar-refractivity contribution in [3.63, 3.8) is 0 Å². The van der Waals surface area contributed by atoms with Crippen molar-refractivity contribution in [2.75, 3.05) is 32.1 Å². The van der Waals surface area contributed by atoms with E-state index in [1.807, 2.05) is 19.0 Å². The van der Waals surface area contributed by atoms with Gasteiger partial charge in [0.25, 0.3) is 5.91 Å². The van der Waals surface area contributed by atoms with E-state index < -0.39 is 23.5 Å². The lowest BCUT2D eigenvalue weighted by molar-refractivity contribution is -0.137. The summed E-state index contributed by atoms with van der Waals surface area (Å²) in [7, 11) is 3.80. The van der Waals surface area contributed by atoms with E-state index in [1.54, 1.807) is 12.1 Å². The van der Waals surface area contributed by atoms with Crippen LogP contribution in [0.5, 0.6) is 0 Å². The third kappa shape index (κ3) is 5.47. The van der Waals surface area contributed by atoms with E-state index in [9.17, 15) is 22.4 Å². The third-order valence-corrected chi connectivity index (χ3v) is 5.32. The van der Waals surface area contributed by atoms with E-state index >= 15 is 0 Å². The molecule has 30 heavy (non-hydrogen) atoms. The van der Waals surface area contributed by atoms with Gasteiger partial charge in [-0.05, 0) is 63.5 Å². The molecule has 0 atom stereocenters. The van der Waals surface area contributed by atoms with E-state index in [4.69, 9.17) is 0 Å². The van der Waals surface area contributed by atoms with Gasteiger partial charge in [-0.25, -0.2) is 9.37 Å². The number of para-hydroxylation sites is 1. The predicted octanol–water partition coefficient (Wildman–Crippen LogP) is 5.47. The van der Waals surface area contributed by atoms with Gasteiger partial charge in [0, 0.05) is 12.1 Å². The van der Waals surface area contributed by atoms with Crippen LogP contribution in [0.25, 0.3) is 10.2 Å². The summed E-state index contributed by atoms with van der Waals surface area (Å²) in [6, 6.07) is 8.62. The standard InChI is InChI=1S/C20H19F4N3OS.ClH/c1-26(2)11-4-12-27(19-25-17-15(21)5-3-6-16(17)29-19)18(28)13-7-9-14(10-8-13)20(22,23)24;/h3,5-10H,4,11-12H2,1-2H3;1H. The third-order valence-electron chi connectivity index (χ3n) is 4.28. The number of benzene rings is 2. The zero-order chi connectivity index (χ0) is 21.2. The van der Waals surface area contributed by atoms with Crippen LogP contribution in [0.2, 0.25) is 0 Å². The van der Waals surface area contributed by atoms with Crippen LogP contribution in [0, 0.1) is 5.82 Å². The van der Waals surface area contributed by atoms with Gasteiger partial charge in [-0.1, -0.05) is 17.4 Å². The summed E-state index contributed by atoms with van der Waals surface area (Å²) in [5, 5.41) is 0.314. The highest BCUT2D eigenvalue weighted by molar-refractivity contribution is 7.22. The SMILES string of the molecule is CN(C)CCCN(C(=O)c1ccc(C(F)(F)F)cc1)c1nc2c(F)cccc2s1.Cl. The van der Waals surface area contributed by atoms with Crippen LogP contribution in [-0.2, 0) is 6.18 Å². The maximum absolute atomic E-state index is 14.0. The summed E-state index contributed by atoms with van der Waals surface area (Å²) in [4.78, 5) is 20.7. The van der Waals surface area contributed by atoms with Crippen LogP contribution in [0.1, 0.15) is 22.3 Å². The van der Waals surface area contributed by atoms with Gasteiger partial charge < -0.3 is 4.90 Å². The number of halogens is 5. The summed E-state index contributed by atoms with van der Waals surface area (Å²) in [6.07, 6.45) is -3.85. The zero-order valence-corrected chi connectivity index (χ0v) is 17.9. The van der Waals surface area contributed by atoms with Crippen molar-refractivity contribution in [3.8, 4) is 0 Å². The van der Waals surface area contributed by atoms with Gasteiger partial charge in [0.15, 0.2) is 5.13 Å². The Hall–Kier alpha value is -2.23. The lowest BCUT2D eigenvalue weighted by Gasteiger charge is -2.21. The van der Waals surface area contributed by atoms with Crippen LogP contribution < -0.4 is 4.90 Å². The van der Waals surface area contributed by atoms with Crippen molar-refractivity contribution in [2.24, 2.45) is 0 Å². The first-order valence-corrected chi connectivity index (χ1v) is 9.67. The molecule has 4 nitrogen and oxygen atoms in total. The lowest BCUT2D eigenvalue weighted by atomic mass is 10.1. The Morgan fingerprint density at radius 3 is 2.30 bits per heavy atom. The first kappa shape index (κ1) is 24.0. The molecule has 0 spiro atoms. The molecule has 0 N–H and O–H groups in total. The minimum Gasteiger partial charge on any atom is -0.309 e. The minimum absolute atomic E-state index is 0. The molecule has 0 fully saturated rings. The summed E-state index contributed by atoms with van der Waals surface area (Å²) >= 11 is 1.17. The Morgan fingerprint density at radius 1 is 1.07 bits per heavy atom. The Labute approximate surface area is 181 Å². The molecule has 0 aliphatic heterocycles. The van der Waals surface area contributed by atoms with Crippen molar-refractivity contribution in [3.05, 3.63) is 59.4 Å². The fourth-order valence-corrected chi connectivity index (χ4v) is 3.81. The maximum Gasteiger partial charge on any atom is 0.416 e. The number of aromatic nitrogens is 1. The fraction of sp³-hybridized carbons (Fsp3) is 0.300. The highest BCUT2D eigenvalue weighted by Crippen LogP contribution is 2.32. The Kier molecular flexibility index (Phi) is 7.79. The van der Waals surface area contributed by atoms with Crippen LogP contribution >= 0.6 is 23.7 Å². The van der Waals surface area contributed by atoms with Crippen molar-refractivity contribution in [2.45, 2.75) is 12.6 Å². The number of nitrogens with zero attached hydrogens (tertiary/aromatic N) is 3. The van der Waals surface area contributed by atoms with E-state index in [0.717, 1.165) is 24.3 Å². The number of carbonyl (C=O) groups is 1. The summed E-state index contributed by atoms with van der Waals surface area (Å²) in [6.45, 7) is 1.01. The van der Waals surface area contributed by atoms with Gasteiger partial charge in [-0.3, -0.25) is 9.69 Å². The van der Waals surface area contributed by atoms with Crippen LogP contribution in [0.15, 0.2) is 42.5 Å². The first-order valence-electron chi connectivity index (χ1n) is 8.85. The number of fused-ring (bicyclic) bond motifs is 1. The molecule has 0 unspecified atom stereocenters. The predicted molar refractivity (Wildman–Crippen MR) is 113 cm³/mol. The highest BCUT2D eigenvalue weighted by atomic mass is 35.5. The van der Waals surface area contributed by atoms with Gasteiger partial charge in [0.2, 0.25) is 0 Å². The summed E-state index contributed by atoms with van der Waals surface area (Å²) in [5.74, 6) is -0.961. The minimum atomic E-state index is -4.47. The molecule has 162 valence electrons. The topological polar surface area (TPSA) is 36.4 Å². The molecule has 3 rings (SSSR count). The fourth-order valence-electron chi connectivity index (χ4n) is 2.81. The number of anilines is 1. The van der Waals surface area contributed by atoms with E-state index in [-0.39, 0.29) is 23.5 Å². The van der Waals surface area contributed by atoms with Crippen molar-refractivity contribution in [1.82, 2.24) is 9.88 Å². The number of thiazole rings is 1. The number of hydrogen-bond acceptors (Lipinski definition) is 4. The number of carbonyl (C=O) groups excluding carboxylic acids is 1. The quantitative estimate of drug-likeness (QED) is 0.456. The average Bonchev–Trinajstić information content (AvgIpc) is 3.09. The van der Waals surface area contributed by atoms with Crippen LogP contribution in [0.4, 0.5) is 22.7 Å². The van der Waals surface area contributed by atoms with E-state index in [2.05, 4.69) is 4.98 Å². The molecule has 0 bridgehead atoms. The molecule has 0 aliphatic rings. The molecule has 1 heterocycles. The Bertz CT molecular complexity index is 1010. The number of alkyl halides is 3. The summed E-state index contributed by atoms with van der Waals surface area (Å²) in [5.41, 5.74) is -0.539. The largest absolute Gasteiger partial charge is 0.416 e. The maximum atomic E-state index is 14.0. The van der Waals surface area contributed by atoms with E-state index in [0.29, 0.717) is 29.3 Å². The molecule has 1 amide bonds. The molecule has 3 aromatic rings. The Balaban J connectivity index is 0.00000320. The number of rotatable bonds is 6. The smallest absolute Gasteiger partial charge is 0.309 e. The van der Waals surface area contributed by atoms with Gasteiger partial charge >= 0.3 is 6.18 Å². The molecule has 0 radical (unpaired) electrons. The lowest BCUT2D eigenvalue weighted by Crippen LogP contribution is -2.33. The normalized spacial score (nSPS) is 11.6. The molecular weight excluding hydrogens is 442 g/mol. The van der Waals surface area contributed by atoms with Gasteiger partial charge in [-0.2, -0.15) is 13.2 Å². The van der Waals surface area contributed by atoms with Crippen molar-refractivity contribution in [1.29, 1.82) is 0 Å². The summed E-state index contributed by atoms with van der Waals surface area (Å²) < 4.78 is 53.0. The van der Waals surface area contributed by atoms with Crippen LogP contribution in [0.3, 0.4) is 0 Å². The number of amides is 1. The number of hydrogen-bond donors (Lipinski definition) is 0. The first-order chi connectivity index (χ1) is 13.7. The molecule has 1 aromatic heterocycles. The van der Waals surface area contributed by atoms with Crippen molar-refractivity contribution >= 4 is 45.0 Å². The zero-order valence-electron chi connectivity index (χ0n) is 16.2. The second-order valence-electron chi connectivity index (χ2n) is 6.77. The average molecular weight is 462 g/mol. The van der Waals surface area contributed by atoms with Gasteiger partial charge in [0.05, 0.1) is 10.3 Å². The molecule has 0 saturated carbocycles. The molecule has 0 aliphatic carbocycles. The van der Waals surface area contributed by atoms with Crippen molar-refractivity contribution < 1.29 is 22.4 Å². The van der Waals surface area contributed by atoms with Gasteiger partial charge in [0.1, 0.15) is 11.3 Å².